The number of rotatable bonds is 4. The number of carbonyl (C=O) groups excluding carboxylic acids is 1. The molecule has 15 heavy (non-hydrogen) atoms. The van der Waals surface area contributed by atoms with E-state index < -0.39 is 22.9 Å². The average Bonchev–Trinajstić information content (AvgIpc) is 2.85. The molecule has 0 aromatic heterocycles. The van der Waals surface area contributed by atoms with Crippen LogP contribution in [0.15, 0.2) is 0 Å². The first kappa shape index (κ1) is 12.4. The van der Waals surface area contributed by atoms with Gasteiger partial charge in [0.05, 0.1) is 6.61 Å². The summed E-state index contributed by atoms with van der Waals surface area (Å²) in [6.07, 6.45) is 0.990. The topological polar surface area (TPSA) is 46.5 Å². The van der Waals surface area contributed by atoms with E-state index in [9.17, 15) is 18.7 Å². The summed E-state index contributed by atoms with van der Waals surface area (Å²) in [5, 5.41) is 9.79. The first-order valence-corrected chi connectivity index (χ1v) is 4.96. The van der Waals surface area contributed by atoms with Gasteiger partial charge >= 0.3 is 11.9 Å². The molecule has 1 aliphatic rings. The maximum absolute atomic E-state index is 13.6. The van der Waals surface area contributed by atoms with Crippen LogP contribution in [0.2, 0.25) is 0 Å². The summed E-state index contributed by atoms with van der Waals surface area (Å²) in [5.74, 6) is -5.50. The fraction of sp³-hybridized carbons (Fsp3) is 0.900. The van der Waals surface area contributed by atoms with Crippen LogP contribution in [0.1, 0.15) is 33.6 Å². The number of hydrogen-bond acceptors (Lipinski definition) is 3. The van der Waals surface area contributed by atoms with E-state index in [0.29, 0.717) is 12.8 Å². The number of aliphatic hydroxyl groups is 1. The number of carbonyl (C=O) groups is 1. The molecule has 1 saturated carbocycles. The molecule has 0 bridgehead atoms. The molecule has 5 heteroatoms. The molecule has 1 aliphatic carbocycles. The van der Waals surface area contributed by atoms with Crippen molar-refractivity contribution in [2.75, 3.05) is 6.61 Å². The highest BCUT2D eigenvalue weighted by Crippen LogP contribution is 2.58. The van der Waals surface area contributed by atoms with Crippen LogP contribution in [0.3, 0.4) is 0 Å². The molecule has 1 unspecified atom stereocenters. The highest BCUT2D eigenvalue weighted by atomic mass is 19.3. The van der Waals surface area contributed by atoms with Crippen molar-refractivity contribution in [3.63, 3.8) is 0 Å². The first-order valence-electron chi connectivity index (χ1n) is 4.96. The highest BCUT2D eigenvalue weighted by molar-refractivity contribution is 5.79. The fourth-order valence-electron chi connectivity index (χ4n) is 1.47. The molecule has 0 heterocycles. The molecule has 0 aromatic carbocycles. The third kappa shape index (κ3) is 1.73. The predicted octanol–water partition coefficient (Wildman–Crippen LogP) is 1.74. The lowest BCUT2D eigenvalue weighted by Crippen LogP contribution is -2.56. The number of hydrogen-bond donors (Lipinski definition) is 1. The van der Waals surface area contributed by atoms with Crippen LogP contribution in [0.25, 0.3) is 0 Å². The van der Waals surface area contributed by atoms with Gasteiger partial charge < -0.3 is 9.84 Å². The number of esters is 1. The molecule has 1 fully saturated rings. The van der Waals surface area contributed by atoms with E-state index in [1.165, 1.54) is 6.92 Å². The van der Waals surface area contributed by atoms with Gasteiger partial charge in [-0.3, -0.25) is 0 Å². The smallest absolute Gasteiger partial charge is 0.380 e. The van der Waals surface area contributed by atoms with Gasteiger partial charge in [-0.25, -0.2) is 4.79 Å². The average molecular weight is 222 g/mol. The van der Waals surface area contributed by atoms with Gasteiger partial charge in [-0.2, -0.15) is 8.78 Å². The number of halogens is 2. The fourth-order valence-corrected chi connectivity index (χ4v) is 1.47. The SMILES string of the molecule is CCOC(=O)C(F)(F)C(C)(O)C1(C)CC1. The molecule has 0 radical (unpaired) electrons. The molecule has 3 nitrogen and oxygen atoms in total. The third-order valence-electron chi connectivity index (χ3n) is 3.32. The van der Waals surface area contributed by atoms with Crippen molar-refractivity contribution < 1.29 is 23.4 Å². The van der Waals surface area contributed by atoms with Crippen molar-refractivity contribution in [2.45, 2.75) is 45.1 Å². The Labute approximate surface area is 87.4 Å². The third-order valence-corrected chi connectivity index (χ3v) is 3.32. The van der Waals surface area contributed by atoms with Gasteiger partial charge in [-0.1, -0.05) is 6.92 Å². The van der Waals surface area contributed by atoms with Crippen molar-refractivity contribution in [2.24, 2.45) is 5.41 Å². The number of ether oxygens (including phenoxy) is 1. The molecule has 0 saturated heterocycles. The summed E-state index contributed by atoms with van der Waals surface area (Å²) in [6.45, 7) is 3.86. The Morgan fingerprint density at radius 3 is 2.33 bits per heavy atom. The molecule has 0 amide bonds. The molecule has 1 atom stereocenters. The van der Waals surface area contributed by atoms with Crippen molar-refractivity contribution in [1.82, 2.24) is 0 Å². The minimum absolute atomic E-state index is 0.124. The molecule has 0 aliphatic heterocycles. The van der Waals surface area contributed by atoms with Gasteiger partial charge in [0.2, 0.25) is 0 Å². The van der Waals surface area contributed by atoms with E-state index in [4.69, 9.17) is 0 Å². The minimum Gasteiger partial charge on any atom is -0.461 e. The van der Waals surface area contributed by atoms with Crippen LogP contribution in [0, 0.1) is 5.41 Å². The lowest BCUT2D eigenvalue weighted by Gasteiger charge is -2.35. The standard InChI is InChI=1S/C10H16F2O3/c1-4-15-7(13)10(11,12)9(3,14)8(2)5-6-8/h14H,4-6H2,1-3H3. The molecule has 0 aromatic rings. The van der Waals surface area contributed by atoms with Crippen molar-refractivity contribution in [3.05, 3.63) is 0 Å². The summed E-state index contributed by atoms with van der Waals surface area (Å²) in [4.78, 5) is 11.1. The molecule has 1 rings (SSSR count). The van der Waals surface area contributed by atoms with Crippen molar-refractivity contribution in [3.8, 4) is 0 Å². The van der Waals surface area contributed by atoms with E-state index in [2.05, 4.69) is 4.74 Å². The second-order valence-electron chi connectivity index (χ2n) is 4.43. The zero-order valence-corrected chi connectivity index (χ0v) is 9.14. The van der Waals surface area contributed by atoms with Crippen molar-refractivity contribution in [1.29, 1.82) is 0 Å². The van der Waals surface area contributed by atoms with E-state index in [-0.39, 0.29) is 6.61 Å². The Morgan fingerprint density at radius 1 is 1.53 bits per heavy atom. The summed E-state index contributed by atoms with van der Waals surface area (Å²) in [6, 6.07) is 0. The lowest BCUT2D eigenvalue weighted by molar-refractivity contribution is -0.224. The molecular weight excluding hydrogens is 206 g/mol. The minimum atomic E-state index is -3.85. The van der Waals surface area contributed by atoms with Crippen molar-refractivity contribution >= 4 is 5.97 Å². The summed E-state index contributed by atoms with van der Waals surface area (Å²) >= 11 is 0. The zero-order chi connectivity index (χ0) is 11.9. The Morgan fingerprint density at radius 2 is 2.00 bits per heavy atom. The quantitative estimate of drug-likeness (QED) is 0.737. The maximum atomic E-state index is 13.6. The second kappa shape index (κ2) is 3.40. The van der Waals surface area contributed by atoms with Gasteiger partial charge in [0.15, 0.2) is 0 Å². The van der Waals surface area contributed by atoms with Gasteiger partial charge in [0.25, 0.3) is 0 Å². The van der Waals surface area contributed by atoms with E-state index in [0.717, 1.165) is 6.92 Å². The van der Waals surface area contributed by atoms with Gasteiger partial charge in [0, 0.05) is 5.41 Å². The van der Waals surface area contributed by atoms with Crippen LogP contribution in [0.5, 0.6) is 0 Å². The van der Waals surface area contributed by atoms with Crippen LogP contribution in [0.4, 0.5) is 8.78 Å². The summed E-state index contributed by atoms with van der Waals surface area (Å²) in [7, 11) is 0. The van der Waals surface area contributed by atoms with Crippen LogP contribution in [-0.2, 0) is 9.53 Å². The van der Waals surface area contributed by atoms with Gasteiger partial charge in [-0.15, -0.1) is 0 Å². The van der Waals surface area contributed by atoms with Crippen LogP contribution >= 0.6 is 0 Å². The summed E-state index contributed by atoms with van der Waals surface area (Å²) < 4.78 is 31.5. The highest BCUT2D eigenvalue weighted by Gasteiger charge is 2.68. The Bertz CT molecular complexity index is 270. The molecule has 0 spiro atoms. The predicted molar refractivity (Wildman–Crippen MR) is 49.5 cm³/mol. The normalized spacial score (nSPS) is 23.1. The molecular formula is C10H16F2O3. The largest absolute Gasteiger partial charge is 0.461 e. The van der Waals surface area contributed by atoms with E-state index in [1.54, 1.807) is 6.92 Å². The Hall–Kier alpha value is -0.710. The van der Waals surface area contributed by atoms with Crippen LogP contribution < -0.4 is 0 Å². The molecule has 1 N–H and O–H groups in total. The maximum Gasteiger partial charge on any atom is 0.380 e. The Balaban J connectivity index is 2.89. The number of alkyl halides is 2. The van der Waals surface area contributed by atoms with Gasteiger partial charge in [-0.05, 0) is 26.7 Å². The zero-order valence-electron chi connectivity index (χ0n) is 9.14. The van der Waals surface area contributed by atoms with Crippen LogP contribution in [-0.4, -0.2) is 29.2 Å². The Kier molecular flexibility index (Phi) is 2.80. The van der Waals surface area contributed by atoms with E-state index >= 15 is 0 Å². The first-order chi connectivity index (χ1) is 6.69. The van der Waals surface area contributed by atoms with E-state index in [1.807, 2.05) is 0 Å². The van der Waals surface area contributed by atoms with Gasteiger partial charge in [0.1, 0.15) is 5.60 Å². The second-order valence-corrected chi connectivity index (χ2v) is 4.43. The lowest BCUT2D eigenvalue weighted by atomic mass is 9.82. The summed E-state index contributed by atoms with van der Waals surface area (Å²) in [5.41, 5.74) is -3.23. The molecule has 88 valence electrons. The monoisotopic (exact) mass is 222 g/mol.